The summed E-state index contributed by atoms with van der Waals surface area (Å²) in [6.07, 6.45) is 9.11. The Morgan fingerprint density at radius 2 is 2.06 bits per heavy atom. The lowest BCUT2D eigenvalue weighted by Crippen LogP contribution is -2.64. The molecule has 96 valence electrons. The summed E-state index contributed by atoms with van der Waals surface area (Å²) in [5.41, 5.74) is 0. The molecule has 6 nitrogen and oxygen atoms in total. The molecule has 3 saturated heterocycles. The molecule has 0 saturated carbocycles. The van der Waals surface area contributed by atoms with Crippen LogP contribution in [0.15, 0.2) is 0 Å². The third-order valence-electron chi connectivity index (χ3n) is 3.75. The van der Waals surface area contributed by atoms with Gasteiger partial charge < -0.3 is 23.6 Å². The fourth-order valence-corrected chi connectivity index (χ4v) is 3.20. The monoisotopic (exact) mass is 260 g/mol. The number of quaternary nitrogens is 1. The van der Waals surface area contributed by atoms with Gasteiger partial charge in [0, 0.05) is 18.8 Å². The first-order chi connectivity index (χ1) is 7.94. The van der Waals surface area contributed by atoms with Crippen molar-refractivity contribution >= 4 is 7.82 Å². The zero-order valence-corrected chi connectivity index (χ0v) is 10.3. The van der Waals surface area contributed by atoms with E-state index in [0.29, 0.717) is 16.9 Å². The van der Waals surface area contributed by atoms with Gasteiger partial charge in [0.25, 0.3) is 0 Å². The summed E-state index contributed by atoms with van der Waals surface area (Å²) < 4.78 is 20.6. The fourth-order valence-electron chi connectivity index (χ4n) is 2.82. The predicted octanol–water partition coefficient (Wildman–Crippen LogP) is -0.994. The van der Waals surface area contributed by atoms with E-state index < -0.39 is 7.82 Å². The molecule has 3 heterocycles. The van der Waals surface area contributed by atoms with Gasteiger partial charge >= 0.3 is 0 Å². The highest BCUT2D eigenvalue weighted by molar-refractivity contribution is 7.43. The van der Waals surface area contributed by atoms with E-state index in [-0.39, 0.29) is 12.8 Å². The van der Waals surface area contributed by atoms with Crippen molar-refractivity contribution in [3.63, 3.8) is 0 Å². The molecule has 3 aliphatic rings. The molecule has 3 aliphatic heterocycles. The number of fused-ring (bicyclic) bond motifs is 3. The average molecular weight is 260 g/mol. The first-order valence-corrected chi connectivity index (χ1v) is 7.03. The van der Waals surface area contributed by atoms with Gasteiger partial charge in [-0.3, -0.25) is 4.48 Å². The van der Waals surface area contributed by atoms with Crippen LogP contribution in [0.2, 0.25) is 0 Å². The van der Waals surface area contributed by atoms with Crippen LogP contribution in [-0.2, 0) is 13.8 Å². The smallest absolute Gasteiger partial charge is 0.187 e. The van der Waals surface area contributed by atoms with E-state index in [1.165, 1.54) is 0 Å². The number of ether oxygens (including phenoxy) is 1. The normalized spacial score (nSPS) is 36.5. The molecule has 0 amide bonds. The van der Waals surface area contributed by atoms with E-state index in [1.807, 2.05) is 0 Å². The Hall–Kier alpha value is -0.570. The number of piperidine rings is 3. The van der Waals surface area contributed by atoms with Gasteiger partial charge in [-0.15, -0.1) is 0 Å². The van der Waals surface area contributed by atoms with Crippen molar-refractivity contribution in [2.45, 2.75) is 18.9 Å². The molecule has 1 atom stereocenters. The lowest BCUT2D eigenvalue weighted by molar-refractivity contribution is -0.960. The van der Waals surface area contributed by atoms with E-state index in [0.717, 1.165) is 25.9 Å². The van der Waals surface area contributed by atoms with Crippen LogP contribution in [-0.4, -0.2) is 37.0 Å². The van der Waals surface area contributed by atoms with Crippen molar-refractivity contribution in [2.24, 2.45) is 5.92 Å². The van der Waals surface area contributed by atoms with Gasteiger partial charge in [0.15, 0.2) is 12.8 Å². The molecular weight excluding hydrogens is 245 g/mol. The van der Waals surface area contributed by atoms with Crippen LogP contribution in [0.5, 0.6) is 0 Å². The Balaban J connectivity index is 2.00. The van der Waals surface area contributed by atoms with Gasteiger partial charge in [-0.05, 0) is 0 Å². The lowest BCUT2D eigenvalue weighted by atomic mass is 9.84. The Kier molecular flexibility index (Phi) is 3.48. The van der Waals surface area contributed by atoms with Crippen LogP contribution >= 0.6 is 7.82 Å². The third kappa shape index (κ3) is 3.01. The highest BCUT2D eigenvalue weighted by Crippen LogP contribution is 2.37. The second-order valence-electron chi connectivity index (χ2n) is 4.79. The summed E-state index contributed by atoms with van der Waals surface area (Å²) in [6, 6.07) is 0. The van der Waals surface area contributed by atoms with Gasteiger partial charge in [0.2, 0.25) is 0 Å². The standard InChI is InChI=1S/C10H16NO5P/c1-2-15-10-7-11(8-16-17(12,13)14)5-3-9(10)4-6-11/h1,9-10H,3-8H2,(H-,12,13,14)/p-1. The van der Waals surface area contributed by atoms with E-state index in [2.05, 4.69) is 10.6 Å². The number of phosphoric acid groups is 1. The highest BCUT2D eigenvalue weighted by Gasteiger charge is 2.47. The molecule has 3 rings (SSSR count). The van der Waals surface area contributed by atoms with Crippen molar-refractivity contribution in [1.29, 1.82) is 0 Å². The quantitative estimate of drug-likeness (QED) is 0.368. The van der Waals surface area contributed by atoms with Crippen molar-refractivity contribution in [3.8, 4) is 12.5 Å². The number of hydrogen-bond donors (Lipinski definition) is 0. The molecule has 0 radical (unpaired) electrons. The Bertz CT molecular complexity index is 365. The van der Waals surface area contributed by atoms with E-state index in [1.54, 1.807) is 0 Å². The van der Waals surface area contributed by atoms with Crippen LogP contribution in [0, 0.1) is 18.4 Å². The molecular formula is C10H15NO5P-. The molecule has 3 fully saturated rings. The third-order valence-corrected chi connectivity index (χ3v) is 4.18. The topological polar surface area (TPSA) is 81.7 Å². The number of hydrogen-bond acceptors (Lipinski definition) is 5. The minimum Gasteiger partial charge on any atom is -0.790 e. The molecule has 0 aromatic rings. The second-order valence-corrected chi connectivity index (χ2v) is 5.94. The molecule has 0 aliphatic carbocycles. The van der Waals surface area contributed by atoms with Crippen LogP contribution < -0.4 is 9.79 Å². The SMILES string of the molecule is C#COC1C[N+]2(COP(=O)([O-])[O-])CCC1CC2. The Morgan fingerprint density at radius 1 is 1.41 bits per heavy atom. The summed E-state index contributed by atoms with van der Waals surface area (Å²) in [6.45, 7) is 2.15. The van der Waals surface area contributed by atoms with Crippen LogP contribution in [0.25, 0.3) is 0 Å². The minimum absolute atomic E-state index is 0.0520. The minimum atomic E-state index is -4.90. The van der Waals surface area contributed by atoms with Gasteiger partial charge in [0.05, 0.1) is 20.9 Å². The zero-order valence-electron chi connectivity index (χ0n) is 9.41. The first-order valence-electron chi connectivity index (χ1n) is 5.57. The van der Waals surface area contributed by atoms with Gasteiger partial charge in [0.1, 0.15) is 12.7 Å². The van der Waals surface area contributed by atoms with Crippen LogP contribution in [0.4, 0.5) is 0 Å². The maximum absolute atomic E-state index is 10.5. The van der Waals surface area contributed by atoms with E-state index in [9.17, 15) is 14.4 Å². The predicted molar refractivity (Wildman–Crippen MR) is 54.8 cm³/mol. The van der Waals surface area contributed by atoms with Crippen molar-refractivity contribution in [3.05, 3.63) is 0 Å². The largest absolute Gasteiger partial charge is 0.790 e. The Morgan fingerprint density at radius 3 is 2.59 bits per heavy atom. The maximum Gasteiger partial charge on any atom is 0.187 e. The van der Waals surface area contributed by atoms with Crippen molar-refractivity contribution in [2.75, 3.05) is 26.4 Å². The fraction of sp³-hybridized carbons (Fsp3) is 0.800. The van der Waals surface area contributed by atoms with Crippen molar-refractivity contribution < 1.29 is 28.1 Å². The average Bonchev–Trinajstić information content (AvgIpc) is 2.28. The molecule has 7 heteroatoms. The summed E-state index contributed by atoms with van der Waals surface area (Å²) in [5, 5.41) is 0. The zero-order chi connectivity index (χ0) is 12.5. The summed E-state index contributed by atoms with van der Waals surface area (Å²) in [7, 11) is -4.90. The number of terminal acetylenes is 1. The molecule has 0 aromatic heterocycles. The Labute approximate surface area is 100 Å². The molecule has 17 heavy (non-hydrogen) atoms. The molecule has 1 unspecified atom stereocenters. The molecule has 2 bridgehead atoms. The second kappa shape index (κ2) is 4.60. The van der Waals surface area contributed by atoms with Crippen molar-refractivity contribution in [1.82, 2.24) is 0 Å². The summed E-state index contributed by atoms with van der Waals surface area (Å²) in [5.74, 6) is 0.442. The molecule has 0 N–H and O–H groups in total. The van der Waals surface area contributed by atoms with Crippen LogP contribution in [0.1, 0.15) is 12.8 Å². The first kappa shape index (κ1) is 12.9. The molecule has 0 spiro atoms. The number of nitrogens with zero attached hydrogens (tertiary/aromatic N) is 1. The van der Waals surface area contributed by atoms with Gasteiger partial charge in [-0.25, -0.2) is 0 Å². The van der Waals surface area contributed by atoms with Gasteiger partial charge in [-0.1, -0.05) is 6.42 Å². The van der Waals surface area contributed by atoms with E-state index >= 15 is 0 Å². The van der Waals surface area contributed by atoms with Gasteiger partial charge in [-0.2, -0.15) is 0 Å². The lowest BCUT2D eigenvalue weighted by Gasteiger charge is -2.51. The molecule has 0 aromatic carbocycles. The maximum atomic E-state index is 10.5. The summed E-state index contributed by atoms with van der Waals surface area (Å²) in [4.78, 5) is 21.1. The number of rotatable bonds is 4. The highest BCUT2D eigenvalue weighted by atomic mass is 31.2. The summed E-state index contributed by atoms with van der Waals surface area (Å²) >= 11 is 0. The van der Waals surface area contributed by atoms with Crippen LogP contribution in [0.3, 0.4) is 0 Å². The van der Waals surface area contributed by atoms with E-state index in [4.69, 9.17) is 11.2 Å². The number of phosphoric ester groups is 1.